The van der Waals surface area contributed by atoms with Crippen LogP contribution in [0.2, 0.25) is 0 Å². The first kappa shape index (κ1) is 20.6. The molecule has 2 atom stereocenters. The van der Waals surface area contributed by atoms with Crippen LogP contribution in [0.25, 0.3) is 0 Å². The maximum atomic E-state index is 13.5. The first-order chi connectivity index (χ1) is 15.1. The Morgan fingerprint density at radius 1 is 0.871 bits per heavy atom. The number of hydrogen-bond acceptors (Lipinski definition) is 4. The lowest BCUT2D eigenvalue weighted by molar-refractivity contribution is -0.132. The third kappa shape index (κ3) is 4.44. The molecule has 0 radical (unpaired) electrons. The minimum Gasteiger partial charge on any atom is -0.491 e. The van der Waals surface area contributed by atoms with Crippen LogP contribution >= 0.6 is 0 Å². The molecule has 158 valence electrons. The number of imide groups is 1. The minimum atomic E-state index is -1.22. The fourth-order valence-corrected chi connectivity index (χ4v) is 3.81. The zero-order valence-corrected chi connectivity index (χ0v) is 17.0. The number of carbonyl (C=O) groups excluding carboxylic acids is 2. The van der Waals surface area contributed by atoms with Crippen LogP contribution in [-0.2, 0) is 16.8 Å². The van der Waals surface area contributed by atoms with Crippen LogP contribution in [0.15, 0.2) is 91.0 Å². The van der Waals surface area contributed by atoms with Gasteiger partial charge in [0.25, 0.3) is 5.91 Å². The van der Waals surface area contributed by atoms with Crippen molar-refractivity contribution in [3.8, 4) is 5.75 Å². The zero-order chi connectivity index (χ0) is 21.7. The van der Waals surface area contributed by atoms with Gasteiger partial charge in [-0.25, -0.2) is 4.79 Å². The number of urea groups is 1. The minimum absolute atomic E-state index is 0.0297. The molecule has 0 spiro atoms. The van der Waals surface area contributed by atoms with Gasteiger partial charge in [0.1, 0.15) is 18.5 Å². The Morgan fingerprint density at radius 2 is 1.45 bits per heavy atom. The molecule has 4 rings (SSSR count). The predicted molar refractivity (Wildman–Crippen MR) is 116 cm³/mol. The summed E-state index contributed by atoms with van der Waals surface area (Å²) >= 11 is 0. The van der Waals surface area contributed by atoms with Gasteiger partial charge in [0.05, 0.1) is 6.54 Å². The molecular weight excluding hydrogens is 392 g/mol. The van der Waals surface area contributed by atoms with Crippen LogP contribution in [-0.4, -0.2) is 41.2 Å². The van der Waals surface area contributed by atoms with Gasteiger partial charge in [0.15, 0.2) is 5.54 Å². The first-order valence-electron chi connectivity index (χ1n) is 10.2. The fraction of sp³-hybridized carbons (Fsp3) is 0.200. The lowest BCUT2D eigenvalue weighted by atomic mass is 9.83. The number of ether oxygens (including phenoxy) is 1. The molecule has 1 heterocycles. The quantitative estimate of drug-likeness (QED) is 0.553. The van der Waals surface area contributed by atoms with E-state index in [2.05, 4.69) is 5.32 Å². The SMILES string of the molecule is O=C1N[C@](Cc2ccccc2)(c2ccccc2)C(=O)N1C[C@@H](O)COc1ccccc1. The van der Waals surface area contributed by atoms with Crippen molar-refractivity contribution in [3.05, 3.63) is 102 Å². The van der Waals surface area contributed by atoms with Crippen molar-refractivity contribution in [1.29, 1.82) is 0 Å². The van der Waals surface area contributed by atoms with Crippen molar-refractivity contribution in [2.24, 2.45) is 0 Å². The fourth-order valence-electron chi connectivity index (χ4n) is 3.81. The first-order valence-corrected chi connectivity index (χ1v) is 10.2. The lowest BCUT2D eigenvalue weighted by Gasteiger charge is -2.28. The number of hydrogen-bond donors (Lipinski definition) is 2. The predicted octanol–water partition coefficient (Wildman–Crippen LogP) is 3.12. The number of carbonyl (C=O) groups is 2. The number of aliphatic hydroxyl groups is 1. The second-order valence-corrected chi connectivity index (χ2v) is 7.56. The molecule has 0 bridgehead atoms. The summed E-state index contributed by atoms with van der Waals surface area (Å²) in [6, 6.07) is 27.3. The summed E-state index contributed by atoms with van der Waals surface area (Å²) in [7, 11) is 0. The van der Waals surface area contributed by atoms with E-state index in [4.69, 9.17) is 4.74 Å². The number of nitrogens with one attached hydrogen (secondary N) is 1. The summed E-state index contributed by atoms with van der Waals surface area (Å²) in [5.74, 6) is 0.229. The van der Waals surface area contributed by atoms with Gasteiger partial charge in [-0.1, -0.05) is 78.9 Å². The van der Waals surface area contributed by atoms with E-state index >= 15 is 0 Å². The summed E-state index contributed by atoms with van der Waals surface area (Å²) in [6.45, 7) is -0.182. The Bertz CT molecular complexity index is 1030. The molecule has 1 fully saturated rings. The van der Waals surface area contributed by atoms with E-state index in [1.165, 1.54) is 0 Å². The van der Waals surface area contributed by atoms with Crippen molar-refractivity contribution in [3.63, 3.8) is 0 Å². The molecule has 3 amide bonds. The second kappa shape index (κ2) is 9.02. The standard InChI is InChI=1S/C25H24N2O4/c28-21(18-31-22-14-8-3-9-15-22)17-27-23(29)25(26-24(27)30,20-12-6-2-7-13-20)16-19-10-4-1-5-11-19/h1-15,21,28H,16-18H2,(H,26,30)/t21-,25-/m1/s1. The van der Waals surface area contributed by atoms with Gasteiger partial charge in [0, 0.05) is 6.42 Å². The van der Waals surface area contributed by atoms with Gasteiger partial charge in [-0.2, -0.15) is 0 Å². The topological polar surface area (TPSA) is 78.9 Å². The van der Waals surface area contributed by atoms with Crippen molar-refractivity contribution in [2.45, 2.75) is 18.1 Å². The highest BCUT2D eigenvalue weighted by molar-refractivity contribution is 6.07. The molecule has 2 N–H and O–H groups in total. The normalized spacial score (nSPS) is 19.2. The summed E-state index contributed by atoms with van der Waals surface area (Å²) in [5, 5.41) is 13.3. The van der Waals surface area contributed by atoms with Crippen LogP contribution in [0.5, 0.6) is 5.75 Å². The Balaban J connectivity index is 1.54. The molecule has 6 heteroatoms. The van der Waals surface area contributed by atoms with E-state index in [-0.39, 0.29) is 19.1 Å². The molecule has 0 aromatic heterocycles. The van der Waals surface area contributed by atoms with Gasteiger partial charge in [0.2, 0.25) is 0 Å². The van der Waals surface area contributed by atoms with Crippen molar-refractivity contribution in [1.82, 2.24) is 10.2 Å². The Hall–Kier alpha value is -3.64. The second-order valence-electron chi connectivity index (χ2n) is 7.56. The van der Waals surface area contributed by atoms with Gasteiger partial charge in [-0.3, -0.25) is 9.69 Å². The van der Waals surface area contributed by atoms with Crippen LogP contribution in [0.3, 0.4) is 0 Å². The van der Waals surface area contributed by atoms with Crippen molar-refractivity contribution in [2.75, 3.05) is 13.2 Å². The number of aliphatic hydroxyl groups excluding tert-OH is 1. The number of benzene rings is 3. The van der Waals surface area contributed by atoms with Crippen LogP contribution in [0.4, 0.5) is 4.79 Å². The molecule has 0 saturated carbocycles. The van der Waals surface area contributed by atoms with Gasteiger partial charge in [-0.05, 0) is 23.3 Å². The molecule has 0 unspecified atom stereocenters. The largest absolute Gasteiger partial charge is 0.491 e. The van der Waals surface area contributed by atoms with E-state index < -0.39 is 17.7 Å². The summed E-state index contributed by atoms with van der Waals surface area (Å²) < 4.78 is 5.56. The van der Waals surface area contributed by atoms with E-state index in [1.54, 1.807) is 12.1 Å². The summed E-state index contributed by atoms with van der Waals surface area (Å²) in [4.78, 5) is 27.4. The Labute approximate surface area is 181 Å². The smallest absolute Gasteiger partial charge is 0.325 e. The third-order valence-corrected chi connectivity index (χ3v) is 5.33. The lowest BCUT2D eigenvalue weighted by Crippen LogP contribution is -2.46. The molecular formula is C25H24N2O4. The zero-order valence-electron chi connectivity index (χ0n) is 17.0. The molecule has 6 nitrogen and oxygen atoms in total. The number of amides is 3. The third-order valence-electron chi connectivity index (χ3n) is 5.33. The maximum Gasteiger partial charge on any atom is 0.325 e. The van der Waals surface area contributed by atoms with Crippen molar-refractivity contribution >= 4 is 11.9 Å². The number of rotatable bonds is 8. The molecule has 31 heavy (non-hydrogen) atoms. The number of β-amino-alcohol motifs (C(OH)–C–C–N with tert-alkyl or cyclic N) is 1. The van der Waals surface area contributed by atoms with Gasteiger partial charge in [-0.15, -0.1) is 0 Å². The molecule has 3 aromatic carbocycles. The maximum absolute atomic E-state index is 13.5. The van der Waals surface area contributed by atoms with E-state index in [0.29, 0.717) is 17.7 Å². The average Bonchev–Trinajstić information content (AvgIpc) is 3.04. The Morgan fingerprint density at radius 3 is 2.10 bits per heavy atom. The number of nitrogens with zero attached hydrogens (tertiary/aromatic N) is 1. The highest BCUT2D eigenvalue weighted by Gasteiger charge is 2.52. The van der Waals surface area contributed by atoms with Gasteiger partial charge >= 0.3 is 6.03 Å². The molecule has 1 aliphatic heterocycles. The van der Waals surface area contributed by atoms with Crippen LogP contribution < -0.4 is 10.1 Å². The highest BCUT2D eigenvalue weighted by atomic mass is 16.5. The molecule has 0 aliphatic carbocycles. The van der Waals surface area contributed by atoms with E-state index in [9.17, 15) is 14.7 Å². The number of para-hydroxylation sites is 1. The molecule has 1 saturated heterocycles. The molecule has 1 aliphatic rings. The van der Waals surface area contributed by atoms with Crippen molar-refractivity contribution < 1.29 is 19.4 Å². The average molecular weight is 416 g/mol. The monoisotopic (exact) mass is 416 g/mol. The highest BCUT2D eigenvalue weighted by Crippen LogP contribution is 2.33. The van der Waals surface area contributed by atoms with Crippen LogP contribution in [0.1, 0.15) is 11.1 Å². The van der Waals surface area contributed by atoms with E-state index in [0.717, 1.165) is 10.5 Å². The summed E-state index contributed by atoms with van der Waals surface area (Å²) in [5.41, 5.74) is 0.407. The van der Waals surface area contributed by atoms with E-state index in [1.807, 2.05) is 78.9 Å². The summed E-state index contributed by atoms with van der Waals surface area (Å²) in [6.07, 6.45) is -0.701. The van der Waals surface area contributed by atoms with Gasteiger partial charge < -0.3 is 15.2 Å². The Kier molecular flexibility index (Phi) is 6.00. The van der Waals surface area contributed by atoms with Crippen LogP contribution in [0, 0.1) is 0 Å². The molecule has 3 aromatic rings.